The Morgan fingerprint density at radius 3 is 1.81 bits per heavy atom. The zero-order valence-electron chi connectivity index (χ0n) is 10.2. The molecule has 0 saturated carbocycles. The van der Waals surface area contributed by atoms with Gasteiger partial charge < -0.3 is 5.11 Å². The quantitative estimate of drug-likeness (QED) is 0.548. The van der Waals surface area contributed by atoms with E-state index in [1.165, 1.54) is 6.92 Å². The van der Waals surface area contributed by atoms with Gasteiger partial charge in [-0.15, -0.1) is 0 Å². The van der Waals surface area contributed by atoms with E-state index in [0.29, 0.717) is 0 Å². The van der Waals surface area contributed by atoms with Crippen LogP contribution in [0.1, 0.15) is 53.4 Å². The zero-order chi connectivity index (χ0) is 12.1. The molecular formula is C12H25AlO3. The van der Waals surface area contributed by atoms with Crippen LogP contribution in [0.3, 0.4) is 0 Å². The van der Waals surface area contributed by atoms with E-state index in [2.05, 4.69) is 0 Å². The van der Waals surface area contributed by atoms with Crippen molar-refractivity contribution in [2.24, 2.45) is 11.3 Å². The van der Waals surface area contributed by atoms with Gasteiger partial charge in [0.1, 0.15) is 11.7 Å². The van der Waals surface area contributed by atoms with E-state index >= 15 is 0 Å². The lowest BCUT2D eigenvalue weighted by molar-refractivity contribution is -0.152. The van der Waals surface area contributed by atoms with Crippen LogP contribution in [-0.4, -0.2) is 34.2 Å². The predicted octanol–water partition coefficient (Wildman–Crippen LogP) is 1.70. The second kappa shape index (κ2) is 7.87. The van der Waals surface area contributed by atoms with Crippen LogP contribution < -0.4 is 0 Å². The maximum atomic E-state index is 11.4. The summed E-state index contributed by atoms with van der Waals surface area (Å²) in [7, 11) is 0. The first kappa shape index (κ1) is 18.0. The molecule has 0 fully saturated rings. The highest BCUT2D eigenvalue weighted by Gasteiger charge is 2.42. The van der Waals surface area contributed by atoms with Crippen molar-refractivity contribution in [1.82, 2.24) is 0 Å². The number of aliphatic carboxylic acids is 1. The molecule has 1 atom stereocenters. The SMILES string of the molecule is CCCC(CC)(CC)C(C(C)=O)C(=O)O.[AlH3]. The van der Waals surface area contributed by atoms with Gasteiger partial charge in [-0.25, -0.2) is 0 Å². The highest BCUT2D eigenvalue weighted by molar-refractivity contribution is 5.97. The number of carbonyl (C=O) groups is 2. The van der Waals surface area contributed by atoms with Crippen LogP contribution in [0.2, 0.25) is 0 Å². The molecule has 0 aliphatic carbocycles. The smallest absolute Gasteiger partial charge is 0.314 e. The van der Waals surface area contributed by atoms with Gasteiger partial charge in [-0.3, -0.25) is 9.59 Å². The molecular weight excluding hydrogens is 219 g/mol. The van der Waals surface area contributed by atoms with E-state index in [-0.39, 0.29) is 28.6 Å². The molecule has 0 aromatic heterocycles. The molecule has 4 heteroatoms. The number of hydrogen-bond acceptors (Lipinski definition) is 2. The maximum absolute atomic E-state index is 11.4. The number of carbonyl (C=O) groups excluding carboxylic acids is 1. The number of rotatable bonds is 7. The summed E-state index contributed by atoms with van der Waals surface area (Å²) in [4.78, 5) is 22.6. The average molecular weight is 244 g/mol. The minimum Gasteiger partial charge on any atom is -0.481 e. The van der Waals surface area contributed by atoms with E-state index < -0.39 is 11.9 Å². The zero-order valence-corrected chi connectivity index (χ0v) is 10.2. The first-order valence-electron chi connectivity index (χ1n) is 5.68. The van der Waals surface area contributed by atoms with Crippen LogP contribution >= 0.6 is 0 Å². The fraction of sp³-hybridized carbons (Fsp3) is 0.833. The summed E-state index contributed by atoms with van der Waals surface area (Å²) in [5.74, 6) is -2.04. The van der Waals surface area contributed by atoms with Gasteiger partial charge >= 0.3 is 5.97 Å². The normalized spacial score (nSPS) is 12.8. The third-order valence-corrected chi connectivity index (χ3v) is 3.42. The van der Waals surface area contributed by atoms with E-state index in [4.69, 9.17) is 5.11 Å². The van der Waals surface area contributed by atoms with Crippen molar-refractivity contribution >= 4 is 29.1 Å². The van der Waals surface area contributed by atoms with Gasteiger partial charge in [-0.05, 0) is 31.6 Å². The molecule has 0 aliphatic rings. The molecule has 0 saturated heterocycles. The van der Waals surface area contributed by atoms with E-state index in [0.717, 1.165) is 25.7 Å². The number of ketones is 1. The monoisotopic (exact) mass is 244 g/mol. The molecule has 16 heavy (non-hydrogen) atoms. The van der Waals surface area contributed by atoms with Gasteiger partial charge in [-0.1, -0.05) is 27.2 Å². The second-order valence-electron chi connectivity index (χ2n) is 4.20. The summed E-state index contributed by atoms with van der Waals surface area (Å²) in [6, 6.07) is 0. The first-order valence-corrected chi connectivity index (χ1v) is 5.68. The minimum atomic E-state index is -0.973. The largest absolute Gasteiger partial charge is 0.481 e. The Morgan fingerprint density at radius 1 is 1.19 bits per heavy atom. The molecule has 0 aromatic carbocycles. The van der Waals surface area contributed by atoms with Crippen molar-refractivity contribution in [3.05, 3.63) is 0 Å². The first-order chi connectivity index (χ1) is 6.95. The van der Waals surface area contributed by atoms with Crippen LogP contribution in [0.15, 0.2) is 0 Å². The molecule has 94 valence electrons. The molecule has 0 aromatic rings. The summed E-state index contributed by atoms with van der Waals surface area (Å²) in [5, 5.41) is 9.15. The van der Waals surface area contributed by atoms with E-state index in [1.807, 2.05) is 20.8 Å². The van der Waals surface area contributed by atoms with Crippen LogP contribution in [0.25, 0.3) is 0 Å². The summed E-state index contributed by atoms with van der Waals surface area (Å²) >= 11 is 0. The van der Waals surface area contributed by atoms with Crippen molar-refractivity contribution in [2.45, 2.75) is 53.4 Å². The Bertz CT molecular complexity index is 220. The molecule has 0 amide bonds. The summed E-state index contributed by atoms with van der Waals surface area (Å²) in [6.07, 6.45) is 3.21. The molecule has 1 unspecified atom stereocenters. The second-order valence-corrected chi connectivity index (χ2v) is 4.20. The van der Waals surface area contributed by atoms with E-state index in [1.54, 1.807) is 0 Å². The van der Waals surface area contributed by atoms with Gasteiger partial charge in [0.2, 0.25) is 0 Å². The van der Waals surface area contributed by atoms with Gasteiger partial charge in [0, 0.05) is 0 Å². The fourth-order valence-corrected chi connectivity index (χ4v) is 2.52. The predicted molar refractivity (Wildman–Crippen MR) is 69.7 cm³/mol. The van der Waals surface area contributed by atoms with Crippen molar-refractivity contribution in [3.63, 3.8) is 0 Å². The maximum Gasteiger partial charge on any atom is 0.314 e. The number of carboxylic acid groups (broad SMARTS) is 1. The summed E-state index contributed by atoms with van der Waals surface area (Å²) < 4.78 is 0. The van der Waals surface area contributed by atoms with Gasteiger partial charge in [0.05, 0.1) is 0 Å². The molecule has 1 N–H and O–H groups in total. The van der Waals surface area contributed by atoms with Crippen molar-refractivity contribution in [1.29, 1.82) is 0 Å². The fourth-order valence-electron chi connectivity index (χ4n) is 2.52. The number of carboxylic acids is 1. The molecule has 0 heterocycles. The van der Waals surface area contributed by atoms with Crippen LogP contribution in [-0.2, 0) is 9.59 Å². The lowest BCUT2D eigenvalue weighted by atomic mass is 9.67. The summed E-state index contributed by atoms with van der Waals surface area (Å²) in [5.41, 5.74) is -0.355. The topological polar surface area (TPSA) is 54.4 Å². The third kappa shape index (κ3) is 3.92. The highest BCUT2D eigenvalue weighted by Crippen LogP contribution is 2.40. The number of hydrogen-bond donors (Lipinski definition) is 1. The molecule has 0 radical (unpaired) electrons. The molecule has 0 rings (SSSR count). The standard InChI is InChI=1S/C12H22O3.Al.3H/c1-5-8-12(6-2,7-3)10(9(4)13)11(14)15;;;;/h10H,5-8H2,1-4H3,(H,14,15);;;;. The Balaban J connectivity index is 0. The van der Waals surface area contributed by atoms with Crippen molar-refractivity contribution < 1.29 is 14.7 Å². The molecule has 3 nitrogen and oxygen atoms in total. The van der Waals surface area contributed by atoms with Crippen LogP contribution in [0.5, 0.6) is 0 Å². The Labute approximate surface area is 109 Å². The highest BCUT2D eigenvalue weighted by atomic mass is 27.0. The van der Waals surface area contributed by atoms with Gasteiger partial charge in [0.25, 0.3) is 0 Å². The molecule has 0 aliphatic heterocycles. The van der Waals surface area contributed by atoms with Crippen LogP contribution in [0.4, 0.5) is 0 Å². The Morgan fingerprint density at radius 2 is 1.62 bits per heavy atom. The Hall–Kier alpha value is -0.328. The van der Waals surface area contributed by atoms with Crippen molar-refractivity contribution in [3.8, 4) is 0 Å². The molecule has 0 spiro atoms. The minimum absolute atomic E-state index is 0. The number of Topliss-reactive ketones (excluding diaryl/α,β-unsaturated/α-hetero) is 1. The average Bonchev–Trinajstić information content (AvgIpc) is 2.15. The summed E-state index contributed by atoms with van der Waals surface area (Å²) in [6.45, 7) is 7.35. The third-order valence-electron chi connectivity index (χ3n) is 3.42. The van der Waals surface area contributed by atoms with Gasteiger partial charge in [0.15, 0.2) is 17.4 Å². The Kier molecular flexibility index (Phi) is 8.87. The lowest BCUT2D eigenvalue weighted by Gasteiger charge is -2.35. The van der Waals surface area contributed by atoms with Crippen molar-refractivity contribution in [2.75, 3.05) is 0 Å². The van der Waals surface area contributed by atoms with Crippen LogP contribution in [0, 0.1) is 11.3 Å². The molecule has 0 bridgehead atoms. The van der Waals surface area contributed by atoms with E-state index in [9.17, 15) is 9.59 Å². The van der Waals surface area contributed by atoms with Gasteiger partial charge in [-0.2, -0.15) is 0 Å². The lowest BCUT2D eigenvalue weighted by Crippen LogP contribution is -2.39.